The second kappa shape index (κ2) is 13.9. The van der Waals surface area contributed by atoms with Crippen molar-refractivity contribution in [3.05, 3.63) is 120 Å². The summed E-state index contributed by atoms with van der Waals surface area (Å²) in [7, 11) is 0. The van der Waals surface area contributed by atoms with E-state index >= 15 is 0 Å². The van der Waals surface area contributed by atoms with Crippen LogP contribution in [0.15, 0.2) is 108 Å². The Morgan fingerprint density at radius 1 is 0.707 bits per heavy atom. The number of rotatable bonds is 9. The average molecular weight is 552 g/mol. The maximum absolute atomic E-state index is 12.7. The van der Waals surface area contributed by atoms with Gasteiger partial charge in [-0.05, 0) is 67.6 Å². The van der Waals surface area contributed by atoms with Crippen LogP contribution < -0.4 is 25.0 Å². The number of anilines is 1. The topological polar surface area (TPSA) is 132 Å². The lowest BCUT2D eigenvalue weighted by Gasteiger charge is -2.10. The van der Waals surface area contributed by atoms with Crippen LogP contribution in [0.4, 0.5) is 5.69 Å². The number of nitrogens with one attached hydrogen (secondary N) is 2. The monoisotopic (exact) mass is 551 g/mol. The van der Waals surface area contributed by atoms with E-state index in [0.717, 1.165) is 0 Å². The summed E-state index contributed by atoms with van der Waals surface area (Å²) in [5.74, 6) is -2.47. The van der Waals surface area contributed by atoms with Gasteiger partial charge in [-0.2, -0.15) is 5.10 Å². The first-order valence-corrected chi connectivity index (χ1v) is 12.5. The molecule has 0 saturated carbocycles. The van der Waals surface area contributed by atoms with Crippen LogP contribution in [0.2, 0.25) is 0 Å². The molecule has 10 nitrogen and oxygen atoms in total. The van der Waals surface area contributed by atoms with Crippen molar-refractivity contribution in [2.75, 3.05) is 11.9 Å². The molecule has 0 bridgehead atoms. The van der Waals surface area contributed by atoms with Crippen LogP contribution in [0.5, 0.6) is 17.2 Å². The van der Waals surface area contributed by atoms with Crippen LogP contribution in [0.1, 0.15) is 33.2 Å². The zero-order valence-corrected chi connectivity index (χ0v) is 21.9. The summed E-state index contributed by atoms with van der Waals surface area (Å²) >= 11 is 0. The summed E-state index contributed by atoms with van der Waals surface area (Å²) in [4.78, 5) is 49.7. The molecule has 2 N–H and O–H groups in total. The van der Waals surface area contributed by atoms with Gasteiger partial charge in [0.25, 0.3) is 0 Å². The zero-order chi connectivity index (χ0) is 29.0. The van der Waals surface area contributed by atoms with E-state index in [4.69, 9.17) is 14.2 Å². The number of hydrogen-bond donors (Lipinski definition) is 2. The van der Waals surface area contributed by atoms with Gasteiger partial charge in [0.1, 0.15) is 17.2 Å². The Kier molecular flexibility index (Phi) is 9.54. The number of nitrogens with zero attached hydrogens (tertiary/aromatic N) is 1. The summed E-state index contributed by atoms with van der Waals surface area (Å²) in [6, 6.07) is 27.5. The molecule has 0 aliphatic carbocycles. The molecule has 0 aliphatic heterocycles. The van der Waals surface area contributed by atoms with E-state index in [-0.39, 0.29) is 17.1 Å². The third-order valence-corrected chi connectivity index (χ3v) is 5.42. The van der Waals surface area contributed by atoms with Crippen molar-refractivity contribution in [3.8, 4) is 17.2 Å². The molecular weight excluding hydrogens is 526 g/mol. The third kappa shape index (κ3) is 8.11. The molecule has 0 atom stereocenters. The number of amides is 2. The van der Waals surface area contributed by atoms with Crippen molar-refractivity contribution < 1.29 is 33.4 Å². The molecule has 0 aliphatic rings. The van der Waals surface area contributed by atoms with Crippen LogP contribution >= 0.6 is 0 Å². The Balaban J connectivity index is 1.46. The summed E-state index contributed by atoms with van der Waals surface area (Å²) in [5.41, 5.74) is 3.43. The second-order valence-electron chi connectivity index (χ2n) is 8.32. The van der Waals surface area contributed by atoms with Crippen molar-refractivity contribution >= 4 is 35.7 Å². The first-order chi connectivity index (χ1) is 19.9. The lowest BCUT2D eigenvalue weighted by Crippen LogP contribution is -2.32. The maximum Gasteiger partial charge on any atom is 0.343 e. The molecule has 0 spiro atoms. The van der Waals surface area contributed by atoms with Crippen molar-refractivity contribution in [1.82, 2.24) is 5.43 Å². The molecule has 4 aromatic carbocycles. The molecule has 0 unspecified atom stereocenters. The average Bonchev–Trinajstić information content (AvgIpc) is 3.00. The van der Waals surface area contributed by atoms with Crippen molar-refractivity contribution in [3.63, 3.8) is 0 Å². The number of benzene rings is 4. The summed E-state index contributed by atoms with van der Waals surface area (Å²) in [6.45, 7) is 2.35. The first kappa shape index (κ1) is 28.2. The Bertz CT molecular complexity index is 1550. The molecule has 4 aromatic rings. The molecule has 10 heteroatoms. The van der Waals surface area contributed by atoms with Gasteiger partial charge in [0, 0.05) is 17.3 Å². The van der Waals surface area contributed by atoms with E-state index in [1.165, 1.54) is 24.4 Å². The van der Waals surface area contributed by atoms with Gasteiger partial charge < -0.3 is 19.5 Å². The van der Waals surface area contributed by atoms with Gasteiger partial charge in [0.05, 0.1) is 23.9 Å². The number of carbonyl (C=O) groups excluding carboxylic acids is 4. The van der Waals surface area contributed by atoms with E-state index in [0.29, 0.717) is 29.2 Å². The minimum Gasteiger partial charge on any atom is -0.494 e. The van der Waals surface area contributed by atoms with Gasteiger partial charge in [-0.1, -0.05) is 36.4 Å². The highest BCUT2D eigenvalue weighted by atomic mass is 16.5. The maximum atomic E-state index is 12.7. The number of hydrogen-bond acceptors (Lipinski definition) is 8. The van der Waals surface area contributed by atoms with Crippen molar-refractivity contribution in [2.24, 2.45) is 5.10 Å². The highest BCUT2D eigenvalue weighted by molar-refractivity contribution is 6.39. The van der Waals surface area contributed by atoms with E-state index in [1.807, 2.05) is 6.92 Å². The minimum atomic E-state index is -1.02. The summed E-state index contributed by atoms with van der Waals surface area (Å²) in [6.07, 6.45) is 1.19. The van der Waals surface area contributed by atoms with E-state index < -0.39 is 23.8 Å². The SMILES string of the molecule is CCOc1ccc(NC(=O)C(=O)N/N=C/c2ccc(OC(=O)c3ccccc3)cc2OC(=O)c2ccccc2)cc1. The molecule has 4 rings (SSSR count). The van der Waals surface area contributed by atoms with Crippen LogP contribution in [0.25, 0.3) is 0 Å². The Morgan fingerprint density at radius 3 is 1.90 bits per heavy atom. The number of carbonyl (C=O) groups is 4. The van der Waals surface area contributed by atoms with Gasteiger partial charge in [-0.3, -0.25) is 9.59 Å². The molecule has 206 valence electrons. The van der Waals surface area contributed by atoms with Gasteiger partial charge in [-0.15, -0.1) is 0 Å². The molecule has 0 fully saturated rings. The van der Waals surface area contributed by atoms with Gasteiger partial charge in [0.15, 0.2) is 0 Å². The fraction of sp³-hybridized carbons (Fsp3) is 0.0645. The minimum absolute atomic E-state index is 0.00838. The lowest BCUT2D eigenvalue weighted by molar-refractivity contribution is -0.136. The molecule has 0 saturated heterocycles. The lowest BCUT2D eigenvalue weighted by atomic mass is 10.2. The number of esters is 2. The highest BCUT2D eigenvalue weighted by Crippen LogP contribution is 2.26. The van der Waals surface area contributed by atoms with E-state index in [9.17, 15) is 19.2 Å². The molecule has 41 heavy (non-hydrogen) atoms. The fourth-order valence-corrected chi connectivity index (χ4v) is 3.45. The third-order valence-electron chi connectivity index (χ3n) is 5.42. The Hall–Kier alpha value is -5.77. The van der Waals surface area contributed by atoms with E-state index in [1.54, 1.807) is 84.9 Å². The normalized spacial score (nSPS) is 10.5. The first-order valence-electron chi connectivity index (χ1n) is 12.5. The zero-order valence-electron chi connectivity index (χ0n) is 21.9. The summed E-state index contributed by atoms with van der Waals surface area (Å²) in [5, 5.41) is 6.27. The standard InChI is InChI=1S/C31H25N3O7/c1-2-39-25-17-14-24(15-18-25)33-28(35)29(36)34-32-20-23-13-16-26(40-30(37)21-9-5-3-6-10-21)19-27(23)41-31(38)22-11-7-4-8-12-22/h3-20H,2H2,1H3,(H,33,35)(H,34,36)/b32-20+. The van der Waals surface area contributed by atoms with Gasteiger partial charge in [-0.25, -0.2) is 15.0 Å². The van der Waals surface area contributed by atoms with Crippen molar-refractivity contribution in [2.45, 2.75) is 6.92 Å². The largest absolute Gasteiger partial charge is 0.494 e. The fourth-order valence-electron chi connectivity index (χ4n) is 3.45. The number of ether oxygens (including phenoxy) is 3. The Morgan fingerprint density at radius 2 is 1.29 bits per heavy atom. The predicted octanol–water partition coefficient (Wildman–Crippen LogP) is 4.61. The highest BCUT2D eigenvalue weighted by Gasteiger charge is 2.16. The van der Waals surface area contributed by atoms with Gasteiger partial charge in [0.2, 0.25) is 0 Å². The predicted molar refractivity (Wildman–Crippen MR) is 151 cm³/mol. The van der Waals surface area contributed by atoms with E-state index in [2.05, 4.69) is 15.8 Å². The molecule has 0 radical (unpaired) electrons. The summed E-state index contributed by atoms with van der Waals surface area (Å²) < 4.78 is 16.3. The van der Waals surface area contributed by atoms with Crippen LogP contribution in [0, 0.1) is 0 Å². The molecule has 2 amide bonds. The number of hydrazone groups is 1. The van der Waals surface area contributed by atoms with Crippen LogP contribution in [-0.4, -0.2) is 36.6 Å². The van der Waals surface area contributed by atoms with Crippen LogP contribution in [0.3, 0.4) is 0 Å². The van der Waals surface area contributed by atoms with Gasteiger partial charge >= 0.3 is 23.8 Å². The quantitative estimate of drug-likeness (QED) is 0.102. The van der Waals surface area contributed by atoms with Crippen LogP contribution in [-0.2, 0) is 9.59 Å². The molecular formula is C31H25N3O7. The molecule has 0 aromatic heterocycles. The smallest absolute Gasteiger partial charge is 0.343 e. The Labute approximate surface area is 235 Å². The second-order valence-corrected chi connectivity index (χ2v) is 8.32. The molecule has 0 heterocycles. The van der Waals surface area contributed by atoms with Crippen molar-refractivity contribution in [1.29, 1.82) is 0 Å².